The Kier molecular flexibility index (Phi) is 3.89. The summed E-state index contributed by atoms with van der Waals surface area (Å²) in [6.07, 6.45) is 4.89. The van der Waals surface area contributed by atoms with Crippen LogP contribution in [-0.2, 0) is 11.2 Å². The average Bonchev–Trinajstić information content (AvgIpc) is 3.09. The van der Waals surface area contributed by atoms with Gasteiger partial charge in [-0.25, -0.2) is 0 Å². The lowest BCUT2D eigenvalue weighted by molar-refractivity contribution is -0.137. The minimum Gasteiger partial charge on any atom is -0.481 e. The smallest absolute Gasteiger partial charge is 0.305 e. The number of hydrogen-bond donors (Lipinski definition) is 2. The van der Waals surface area contributed by atoms with Gasteiger partial charge in [-0.15, -0.1) is 11.3 Å². The van der Waals surface area contributed by atoms with E-state index in [4.69, 9.17) is 9.52 Å². The van der Waals surface area contributed by atoms with Gasteiger partial charge < -0.3 is 14.8 Å². The molecule has 0 saturated heterocycles. The first-order valence-electron chi connectivity index (χ1n) is 6.81. The van der Waals surface area contributed by atoms with Gasteiger partial charge >= 0.3 is 5.97 Å². The fraction of sp³-hybridized carbons (Fsp3) is 0.400. The van der Waals surface area contributed by atoms with Crippen LogP contribution in [0.1, 0.15) is 47.5 Å². The first kappa shape index (κ1) is 13.4. The van der Waals surface area contributed by atoms with E-state index in [1.807, 2.05) is 23.6 Å². The summed E-state index contributed by atoms with van der Waals surface area (Å²) >= 11 is 1.60. The highest BCUT2D eigenvalue weighted by molar-refractivity contribution is 7.10. The van der Waals surface area contributed by atoms with Crippen molar-refractivity contribution in [1.29, 1.82) is 0 Å². The van der Waals surface area contributed by atoms with E-state index in [1.54, 1.807) is 17.6 Å². The molecule has 0 radical (unpaired) electrons. The monoisotopic (exact) mass is 291 g/mol. The molecule has 1 aliphatic carbocycles. The summed E-state index contributed by atoms with van der Waals surface area (Å²) in [7, 11) is 0. The molecule has 2 atom stereocenters. The number of thiophene rings is 1. The van der Waals surface area contributed by atoms with Gasteiger partial charge in [-0.3, -0.25) is 4.79 Å². The van der Waals surface area contributed by atoms with Gasteiger partial charge in [0.25, 0.3) is 0 Å². The number of nitrogens with one attached hydrogen (secondary N) is 1. The second-order valence-electron chi connectivity index (χ2n) is 5.08. The molecule has 0 aromatic carbocycles. The Morgan fingerprint density at radius 1 is 1.55 bits per heavy atom. The van der Waals surface area contributed by atoms with Crippen molar-refractivity contribution < 1.29 is 14.3 Å². The number of rotatable bonds is 5. The molecule has 0 saturated carbocycles. The SMILES string of the molecule is O=C(O)CC(NC1CCCc2occc21)c1cccs1. The number of carboxylic acids is 1. The Morgan fingerprint density at radius 2 is 2.45 bits per heavy atom. The largest absolute Gasteiger partial charge is 0.481 e. The Morgan fingerprint density at radius 3 is 3.20 bits per heavy atom. The Bertz CT molecular complexity index is 576. The number of carboxylic acid groups (broad SMARTS) is 1. The number of carbonyl (C=O) groups is 1. The number of furan rings is 1. The third-order valence-electron chi connectivity index (χ3n) is 3.72. The van der Waals surface area contributed by atoms with E-state index in [9.17, 15) is 4.79 Å². The molecule has 2 unspecified atom stereocenters. The second-order valence-corrected chi connectivity index (χ2v) is 6.06. The molecular formula is C15H17NO3S. The first-order chi connectivity index (χ1) is 9.74. The lowest BCUT2D eigenvalue weighted by Gasteiger charge is -2.27. The number of hydrogen-bond acceptors (Lipinski definition) is 4. The molecule has 3 rings (SSSR count). The molecule has 0 fully saturated rings. The van der Waals surface area contributed by atoms with E-state index in [1.165, 1.54) is 5.56 Å². The van der Waals surface area contributed by atoms with E-state index in [-0.39, 0.29) is 18.5 Å². The van der Waals surface area contributed by atoms with Gasteiger partial charge in [-0.1, -0.05) is 6.07 Å². The van der Waals surface area contributed by atoms with Crippen LogP contribution in [0, 0.1) is 0 Å². The molecule has 2 aromatic rings. The highest BCUT2D eigenvalue weighted by Gasteiger charge is 2.26. The van der Waals surface area contributed by atoms with Gasteiger partial charge in [0, 0.05) is 22.9 Å². The predicted molar refractivity (Wildman–Crippen MR) is 76.8 cm³/mol. The maximum atomic E-state index is 11.1. The maximum Gasteiger partial charge on any atom is 0.305 e. The average molecular weight is 291 g/mol. The minimum absolute atomic E-state index is 0.101. The highest BCUT2D eigenvalue weighted by atomic mass is 32.1. The van der Waals surface area contributed by atoms with Crippen molar-refractivity contribution in [3.8, 4) is 0 Å². The summed E-state index contributed by atoms with van der Waals surface area (Å²) in [6, 6.07) is 5.99. The minimum atomic E-state index is -0.779. The van der Waals surface area contributed by atoms with Crippen LogP contribution in [0.2, 0.25) is 0 Å². The van der Waals surface area contributed by atoms with Gasteiger partial charge in [-0.2, -0.15) is 0 Å². The Balaban J connectivity index is 1.79. The molecule has 4 nitrogen and oxygen atoms in total. The summed E-state index contributed by atoms with van der Waals surface area (Å²) in [5.74, 6) is 0.258. The van der Waals surface area contributed by atoms with Crippen LogP contribution < -0.4 is 5.32 Å². The van der Waals surface area contributed by atoms with Gasteiger partial charge in [0.05, 0.1) is 18.7 Å². The van der Waals surface area contributed by atoms with Crippen LogP contribution in [0.15, 0.2) is 34.3 Å². The van der Waals surface area contributed by atoms with Crippen LogP contribution in [0.3, 0.4) is 0 Å². The molecule has 0 spiro atoms. The predicted octanol–water partition coefficient (Wildman–Crippen LogP) is 3.52. The van der Waals surface area contributed by atoms with Crippen molar-refractivity contribution in [3.05, 3.63) is 46.0 Å². The Hall–Kier alpha value is -1.59. The molecule has 0 aliphatic heterocycles. The van der Waals surface area contributed by atoms with Crippen LogP contribution in [0.25, 0.3) is 0 Å². The number of aryl methyl sites for hydroxylation is 1. The summed E-state index contributed by atoms with van der Waals surface area (Å²) in [6.45, 7) is 0. The normalized spacial score (nSPS) is 19.5. The molecule has 5 heteroatoms. The summed E-state index contributed by atoms with van der Waals surface area (Å²) in [4.78, 5) is 12.2. The fourth-order valence-electron chi connectivity index (χ4n) is 2.81. The lowest BCUT2D eigenvalue weighted by atomic mass is 9.92. The zero-order valence-corrected chi connectivity index (χ0v) is 11.9. The molecule has 0 amide bonds. The molecule has 20 heavy (non-hydrogen) atoms. The quantitative estimate of drug-likeness (QED) is 0.884. The number of aliphatic carboxylic acids is 1. The van der Waals surface area contributed by atoms with Gasteiger partial charge in [-0.05, 0) is 30.4 Å². The van der Waals surface area contributed by atoms with Gasteiger partial charge in [0.2, 0.25) is 0 Å². The Labute approximate surface area is 121 Å². The molecular weight excluding hydrogens is 274 g/mol. The molecule has 2 N–H and O–H groups in total. The van der Waals surface area contributed by atoms with E-state index in [0.29, 0.717) is 0 Å². The van der Waals surface area contributed by atoms with Crippen molar-refractivity contribution in [2.24, 2.45) is 0 Å². The summed E-state index contributed by atoms with van der Waals surface area (Å²) in [5, 5.41) is 14.6. The zero-order chi connectivity index (χ0) is 13.9. The molecule has 2 heterocycles. The van der Waals surface area contributed by atoms with Crippen molar-refractivity contribution in [2.45, 2.75) is 37.8 Å². The van der Waals surface area contributed by atoms with Crippen molar-refractivity contribution >= 4 is 17.3 Å². The van der Waals surface area contributed by atoms with Crippen LogP contribution in [-0.4, -0.2) is 11.1 Å². The summed E-state index contributed by atoms with van der Waals surface area (Å²) < 4.78 is 5.49. The lowest BCUT2D eigenvalue weighted by Crippen LogP contribution is -2.29. The second kappa shape index (κ2) is 5.81. The molecule has 2 aromatic heterocycles. The molecule has 1 aliphatic rings. The van der Waals surface area contributed by atoms with E-state index < -0.39 is 5.97 Å². The van der Waals surface area contributed by atoms with Crippen molar-refractivity contribution in [1.82, 2.24) is 5.32 Å². The molecule has 0 bridgehead atoms. The molecule has 106 valence electrons. The van der Waals surface area contributed by atoms with Gasteiger partial charge in [0.15, 0.2) is 0 Å². The van der Waals surface area contributed by atoms with Crippen LogP contribution in [0.4, 0.5) is 0 Å². The van der Waals surface area contributed by atoms with E-state index in [0.717, 1.165) is 29.9 Å². The zero-order valence-electron chi connectivity index (χ0n) is 11.0. The van der Waals surface area contributed by atoms with Crippen LogP contribution in [0.5, 0.6) is 0 Å². The van der Waals surface area contributed by atoms with Gasteiger partial charge in [0.1, 0.15) is 5.76 Å². The number of fused-ring (bicyclic) bond motifs is 1. The van der Waals surface area contributed by atoms with Crippen molar-refractivity contribution in [2.75, 3.05) is 0 Å². The summed E-state index contributed by atoms with van der Waals surface area (Å²) in [5.41, 5.74) is 1.18. The first-order valence-corrected chi connectivity index (χ1v) is 7.69. The third kappa shape index (κ3) is 2.78. The fourth-order valence-corrected chi connectivity index (χ4v) is 3.60. The standard InChI is InChI=1S/C15H17NO3S/c17-15(18)9-12(14-5-2-8-20-14)16-11-3-1-4-13-10(11)6-7-19-13/h2,5-8,11-12,16H,1,3-4,9H2,(H,17,18). The van der Waals surface area contributed by atoms with Crippen LogP contribution >= 0.6 is 11.3 Å². The highest BCUT2D eigenvalue weighted by Crippen LogP contribution is 2.34. The van der Waals surface area contributed by atoms with Crippen molar-refractivity contribution in [3.63, 3.8) is 0 Å². The van der Waals surface area contributed by atoms with E-state index >= 15 is 0 Å². The maximum absolute atomic E-state index is 11.1. The third-order valence-corrected chi connectivity index (χ3v) is 4.71. The van der Waals surface area contributed by atoms with E-state index in [2.05, 4.69) is 5.32 Å². The topological polar surface area (TPSA) is 62.5 Å².